The van der Waals surface area contributed by atoms with Crippen LogP contribution in [-0.4, -0.2) is 9.55 Å². The Hall–Kier alpha value is -0.830. The Labute approximate surface area is 85.3 Å². The fourth-order valence-electron chi connectivity index (χ4n) is 2.13. The van der Waals surface area contributed by atoms with Crippen LogP contribution in [0.15, 0.2) is 6.20 Å². The van der Waals surface area contributed by atoms with Gasteiger partial charge in [-0.2, -0.15) is 0 Å². The highest BCUT2D eigenvalue weighted by Crippen LogP contribution is 2.24. The van der Waals surface area contributed by atoms with Crippen molar-refractivity contribution in [3.63, 3.8) is 0 Å². The van der Waals surface area contributed by atoms with Crippen molar-refractivity contribution < 1.29 is 0 Å². The predicted molar refractivity (Wildman–Crippen MR) is 56.9 cm³/mol. The van der Waals surface area contributed by atoms with E-state index in [-0.39, 0.29) is 6.04 Å². The summed E-state index contributed by atoms with van der Waals surface area (Å²) in [6.07, 6.45) is 5.32. The van der Waals surface area contributed by atoms with Crippen molar-refractivity contribution in [2.24, 2.45) is 11.7 Å². The second kappa shape index (κ2) is 3.73. The van der Waals surface area contributed by atoms with Gasteiger partial charge in [0.1, 0.15) is 5.82 Å². The molecule has 0 fully saturated rings. The maximum absolute atomic E-state index is 6.03. The van der Waals surface area contributed by atoms with Crippen molar-refractivity contribution >= 4 is 0 Å². The molecule has 0 saturated heterocycles. The molecule has 0 bridgehead atoms. The number of nitrogens with two attached hydrogens (primary N) is 1. The average Bonchev–Trinajstić information content (AvgIpc) is 2.49. The van der Waals surface area contributed by atoms with Crippen LogP contribution >= 0.6 is 0 Å². The third-order valence-electron chi connectivity index (χ3n) is 2.84. The quantitative estimate of drug-likeness (QED) is 0.779. The minimum Gasteiger partial charge on any atom is -0.331 e. The van der Waals surface area contributed by atoms with Crippen molar-refractivity contribution in [2.45, 2.75) is 45.7 Å². The number of imidazole rings is 1. The number of nitrogens with zero attached hydrogens (tertiary/aromatic N) is 2. The summed E-state index contributed by atoms with van der Waals surface area (Å²) in [7, 11) is 0. The molecule has 1 unspecified atom stereocenters. The lowest BCUT2D eigenvalue weighted by Crippen LogP contribution is -2.22. The molecular weight excluding hydrogens is 174 g/mol. The Morgan fingerprint density at radius 1 is 1.64 bits per heavy atom. The Bertz CT molecular complexity index is 314. The molecule has 2 N–H and O–H groups in total. The monoisotopic (exact) mass is 193 g/mol. The van der Waals surface area contributed by atoms with Gasteiger partial charge in [0.15, 0.2) is 0 Å². The summed E-state index contributed by atoms with van der Waals surface area (Å²) in [5.74, 6) is 1.88. The third kappa shape index (κ3) is 1.69. The molecule has 3 nitrogen and oxygen atoms in total. The molecule has 2 heterocycles. The number of hydrogen-bond donors (Lipinski definition) is 1. The van der Waals surface area contributed by atoms with Crippen LogP contribution in [0.4, 0.5) is 0 Å². The standard InChI is InChI=1S/C11H19N3/c1-8(2)6-11-13-7-10-9(12)4-3-5-14(10)11/h7-9H,3-6,12H2,1-2H3. The van der Waals surface area contributed by atoms with Gasteiger partial charge in [0.05, 0.1) is 11.9 Å². The topological polar surface area (TPSA) is 43.8 Å². The van der Waals surface area contributed by atoms with E-state index >= 15 is 0 Å². The van der Waals surface area contributed by atoms with Crippen LogP contribution in [0.3, 0.4) is 0 Å². The summed E-state index contributed by atoms with van der Waals surface area (Å²) < 4.78 is 2.31. The largest absolute Gasteiger partial charge is 0.331 e. The summed E-state index contributed by atoms with van der Waals surface area (Å²) in [6, 6.07) is 0.206. The van der Waals surface area contributed by atoms with Gasteiger partial charge in [0.25, 0.3) is 0 Å². The fraction of sp³-hybridized carbons (Fsp3) is 0.727. The van der Waals surface area contributed by atoms with Crippen molar-refractivity contribution in [1.29, 1.82) is 0 Å². The molecule has 0 aromatic carbocycles. The minimum atomic E-state index is 0.206. The molecule has 0 radical (unpaired) electrons. The SMILES string of the molecule is CC(C)Cc1ncc2n1CCCC2N. The lowest BCUT2D eigenvalue weighted by molar-refractivity contribution is 0.443. The highest BCUT2D eigenvalue weighted by molar-refractivity contribution is 5.12. The first kappa shape index (κ1) is 9.71. The Morgan fingerprint density at radius 3 is 3.14 bits per heavy atom. The zero-order valence-corrected chi connectivity index (χ0v) is 9.03. The minimum absolute atomic E-state index is 0.206. The average molecular weight is 193 g/mol. The normalized spacial score (nSPS) is 21.3. The first-order valence-corrected chi connectivity index (χ1v) is 5.48. The van der Waals surface area contributed by atoms with Crippen LogP contribution in [0.2, 0.25) is 0 Å². The molecule has 1 aliphatic rings. The van der Waals surface area contributed by atoms with Gasteiger partial charge in [-0.25, -0.2) is 4.98 Å². The maximum atomic E-state index is 6.03. The van der Waals surface area contributed by atoms with E-state index in [1.807, 2.05) is 6.20 Å². The van der Waals surface area contributed by atoms with Gasteiger partial charge in [-0.1, -0.05) is 13.8 Å². The van der Waals surface area contributed by atoms with Crippen molar-refractivity contribution in [1.82, 2.24) is 9.55 Å². The van der Waals surface area contributed by atoms with Crippen LogP contribution in [-0.2, 0) is 13.0 Å². The highest BCUT2D eigenvalue weighted by Gasteiger charge is 2.20. The molecule has 14 heavy (non-hydrogen) atoms. The zero-order valence-electron chi connectivity index (χ0n) is 9.03. The number of fused-ring (bicyclic) bond motifs is 1. The van der Waals surface area contributed by atoms with E-state index in [1.54, 1.807) is 0 Å². The highest BCUT2D eigenvalue weighted by atomic mass is 15.1. The van der Waals surface area contributed by atoms with Gasteiger partial charge in [0, 0.05) is 19.0 Å². The van der Waals surface area contributed by atoms with Crippen molar-refractivity contribution in [3.05, 3.63) is 17.7 Å². The molecule has 1 aliphatic heterocycles. The Balaban J connectivity index is 2.26. The molecule has 0 amide bonds. The van der Waals surface area contributed by atoms with E-state index in [2.05, 4.69) is 23.4 Å². The Morgan fingerprint density at radius 2 is 2.43 bits per heavy atom. The van der Waals surface area contributed by atoms with E-state index in [9.17, 15) is 0 Å². The predicted octanol–water partition coefficient (Wildman–Crippen LogP) is 1.88. The number of rotatable bonds is 2. The van der Waals surface area contributed by atoms with Gasteiger partial charge in [-0.15, -0.1) is 0 Å². The molecule has 0 spiro atoms. The van der Waals surface area contributed by atoms with Crippen LogP contribution in [0, 0.1) is 5.92 Å². The van der Waals surface area contributed by atoms with Gasteiger partial charge >= 0.3 is 0 Å². The van der Waals surface area contributed by atoms with Gasteiger partial charge in [0.2, 0.25) is 0 Å². The van der Waals surface area contributed by atoms with Gasteiger partial charge in [-0.05, 0) is 18.8 Å². The zero-order chi connectivity index (χ0) is 10.1. The van der Waals surface area contributed by atoms with E-state index in [0.29, 0.717) is 5.92 Å². The molecule has 0 aliphatic carbocycles. The van der Waals surface area contributed by atoms with Crippen LogP contribution in [0.25, 0.3) is 0 Å². The molecule has 2 rings (SSSR count). The summed E-state index contributed by atoms with van der Waals surface area (Å²) in [5, 5.41) is 0. The lowest BCUT2D eigenvalue weighted by atomic mass is 10.1. The van der Waals surface area contributed by atoms with Gasteiger partial charge in [-0.3, -0.25) is 0 Å². The maximum Gasteiger partial charge on any atom is 0.109 e. The smallest absolute Gasteiger partial charge is 0.109 e. The summed E-state index contributed by atoms with van der Waals surface area (Å²) in [6.45, 7) is 5.56. The summed E-state index contributed by atoms with van der Waals surface area (Å²) >= 11 is 0. The van der Waals surface area contributed by atoms with Crippen LogP contribution in [0.1, 0.15) is 44.2 Å². The van der Waals surface area contributed by atoms with Crippen LogP contribution < -0.4 is 5.73 Å². The molecule has 0 saturated carbocycles. The molecule has 1 aromatic rings. The molecule has 78 valence electrons. The summed E-state index contributed by atoms with van der Waals surface area (Å²) in [5.41, 5.74) is 7.26. The summed E-state index contributed by atoms with van der Waals surface area (Å²) in [4.78, 5) is 4.47. The fourth-order valence-corrected chi connectivity index (χ4v) is 2.13. The second-order valence-electron chi connectivity index (χ2n) is 4.60. The third-order valence-corrected chi connectivity index (χ3v) is 2.84. The first-order valence-electron chi connectivity index (χ1n) is 5.48. The van der Waals surface area contributed by atoms with Crippen molar-refractivity contribution in [2.75, 3.05) is 0 Å². The number of aromatic nitrogens is 2. The van der Waals surface area contributed by atoms with Crippen LogP contribution in [0.5, 0.6) is 0 Å². The van der Waals surface area contributed by atoms with Crippen molar-refractivity contribution in [3.8, 4) is 0 Å². The van der Waals surface area contributed by atoms with E-state index in [0.717, 1.165) is 19.4 Å². The molecule has 3 heteroatoms. The van der Waals surface area contributed by atoms with E-state index < -0.39 is 0 Å². The van der Waals surface area contributed by atoms with Gasteiger partial charge < -0.3 is 10.3 Å². The van der Waals surface area contributed by atoms with E-state index in [4.69, 9.17) is 5.73 Å². The first-order chi connectivity index (χ1) is 6.68. The molecule has 1 aromatic heterocycles. The Kier molecular flexibility index (Phi) is 2.59. The second-order valence-corrected chi connectivity index (χ2v) is 4.60. The lowest BCUT2D eigenvalue weighted by Gasteiger charge is -2.22. The number of hydrogen-bond acceptors (Lipinski definition) is 2. The molecule has 1 atom stereocenters. The van der Waals surface area contributed by atoms with E-state index in [1.165, 1.54) is 17.9 Å². The molecular formula is C11H19N3.